The molecule has 1 aliphatic heterocycles. The summed E-state index contributed by atoms with van der Waals surface area (Å²) < 4.78 is 5.44. The van der Waals surface area contributed by atoms with Crippen LogP contribution in [0, 0.1) is 5.92 Å². The molecule has 96 valence electrons. The van der Waals surface area contributed by atoms with E-state index in [4.69, 9.17) is 10.2 Å². The monoisotopic (exact) mass is 237 g/mol. The number of rotatable bonds is 3. The molecular formula is C13H23N3O. The summed E-state index contributed by atoms with van der Waals surface area (Å²) >= 11 is 0. The van der Waals surface area contributed by atoms with E-state index in [0.29, 0.717) is 18.5 Å². The van der Waals surface area contributed by atoms with Crippen LogP contribution in [0.3, 0.4) is 0 Å². The molecule has 17 heavy (non-hydrogen) atoms. The van der Waals surface area contributed by atoms with Gasteiger partial charge >= 0.3 is 0 Å². The van der Waals surface area contributed by atoms with Crippen LogP contribution in [0.4, 0.5) is 0 Å². The molecule has 1 aromatic heterocycles. The Hall–Kier alpha value is -0.840. The van der Waals surface area contributed by atoms with Crippen LogP contribution >= 0.6 is 0 Å². The maximum atomic E-state index is 5.90. The van der Waals surface area contributed by atoms with Crippen molar-refractivity contribution in [2.45, 2.75) is 19.5 Å². The Labute approximate surface area is 103 Å². The van der Waals surface area contributed by atoms with Gasteiger partial charge in [0.05, 0.1) is 12.8 Å². The molecule has 0 aromatic carbocycles. The first-order chi connectivity index (χ1) is 8.19. The van der Waals surface area contributed by atoms with Gasteiger partial charge in [0.2, 0.25) is 0 Å². The van der Waals surface area contributed by atoms with Crippen molar-refractivity contribution >= 4 is 0 Å². The zero-order valence-corrected chi connectivity index (χ0v) is 10.8. The second kappa shape index (κ2) is 5.67. The second-order valence-corrected chi connectivity index (χ2v) is 5.22. The highest BCUT2D eigenvalue weighted by Crippen LogP contribution is 2.16. The summed E-state index contributed by atoms with van der Waals surface area (Å²) in [5, 5.41) is 0. The fourth-order valence-corrected chi connectivity index (χ4v) is 2.71. The average molecular weight is 237 g/mol. The van der Waals surface area contributed by atoms with Crippen molar-refractivity contribution in [1.29, 1.82) is 0 Å². The molecule has 2 atom stereocenters. The number of hydrogen-bond acceptors (Lipinski definition) is 4. The minimum atomic E-state index is 0.426. The predicted molar refractivity (Wildman–Crippen MR) is 68.6 cm³/mol. The fourth-order valence-electron chi connectivity index (χ4n) is 2.71. The van der Waals surface area contributed by atoms with Gasteiger partial charge in [0.25, 0.3) is 0 Å². The fraction of sp³-hybridized carbons (Fsp3) is 0.692. The lowest BCUT2D eigenvalue weighted by Gasteiger charge is -2.29. The highest BCUT2D eigenvalue weighted by Gasteiger charge is 2.26. The van der Waals surface area contributed by atoms with E-state index < -0.39 is 0 Å². The Balaban J connectivity index is 2.05. The largest absolute Gasteiger partial charge is 0.468 e. The summed E-state index contributed by atoms with van der Waals surface area (Å²) in [6.45, 7) is 7.15. The molecular weight excluding hydrogens is 214 g/mol. The third-order valence-corrected chi connectivity index (χ3v) is 3.42. The molecule has 1 saturated heterocycles. The van der Waals surface area contributed by atoms with E-state index in [0.717, 1.165) is 31.9 Å². The molecule has 4 nitrogen and oxygen atoms in total. The first-order valence-corrected chi connectivity index (χ1v) is 6.34. The van der Waals surface area contributed by atoms with E-state index in [1.165, 1.54) is 0 Å². The Bertz CT molecular complexity index is 325. The normalized spacial score (nSPS) is 28.2. The van der Waals surface area contributed by atoms with Crippen molar-refractivity contribution in [3.8, 4) is 0 Å². The molecule has 0 radical (unpaired) electrons. The van der Waals surface area contributed by atoms with Crippen molar-refractivity contribution in [1.82, 2.24) is 9.80 Å². The number of nitrogens with two attached hydrogens (primary N) is 1. The molecule has 2 N–H and O–H groups in total. The maximum absolute atomic E-state index is 5.90. The molecule has 4 heteroatoms. The molecule has 0 saturated carbocycles. The Morgan fingerprint density at radius 1 is 1.41 bits per heavy atom. The van der Waals surface area contributed by atoms with Crippen molar-refractivity contribution in [2.24, 2.45) is 11.7 Å². The molecule has 0 amide bonds. The van der Waals surface area contributed by atoms with Crippen LogP contribution in [0.2, 0.25) is 0 Å². The van der Waals surface area contributed by atoms with Crippen LogP contribution in [-0.4, -0.2) is 49.1 Å². The average Bonchev–Trinajstić information content (AvgIpc) is 2.72. The van der Waals surface area contributed by atoms with E-state index in [1.54, 1.807) is 6.26 Å². The van der Waals surface area contributed by atoms with Crippen molar-refractivity contribution in [3.63, 3.8) is 0 Å². The third kappa shape index (κ3) is 3.31. The van der Waals surface area contributed by atoms with Gasteiger partial charge in [-0.1, -0.05) is 6.92 Å². The lowest BCUT2D eigenvalue weighted by atomic mass is 10.1. The Morgan fingerprint density at radius 2 is 2.24 bits per heavy atom. The Kier molecular flexibility index (Phi) is 4.20. The molecule has 0 aliphatic carbocycles. The van der Waals surface area contributed by atoms with E-state index in [9.17, 15) is 0 Å². The third-order valence-electron chi connectivity index (χ3n) is 3.42. The summed E-state index contributed by atoms with van der Waals surface area (Å²) in [4.78, 5) is 4.83. The SMILES string of the molecule is CC1CN(C)CC(CN)N(Cc2ccco2)C1. The van der Waals surface area contributed by atoms with Gasteiger partial charge in [-0.3, -0.25) is 4.90 Å². The summed E-state index contributed by atoms with van der Waals surface area (Å²) in [6, 6.07) is 4.41. The first kappa shape index (κ1) is 12.6. The van der Waals surface area contributed by atoms with Gasteiger partial charge < -0.3 is 15.1 Å². The molecule has 1 fully saturated rings. The standard InChI is InChI=1S/C13H23N3O/c1-11-7-15(2)9-12(6-14)16(8-11)10-13-4-3-5-17-13/h3-5,11-12H,6-10,14H2,1-2H3. The summed E-state index contributed by atoms with van der Waals surface area (Å²) in [6.07, 6.45) is 1.74. The highest BCUT2D eigenvalue weighted by atomic mass is 16.3. The number of likely N-dealkylation sites (N-methyl/N-ethyl adjacent to an activating group) is 1. The highest BCUT2D eigenvalue weighted by molar-refractivity contribution is 4.99. The van der Waals surface area contributed by atoms with Crippen LogP contribution in [0.25, 0.3) is 0 Å². The van der Waals surface area contributed by atoms with Crippen LogP contribution in [-0.2, 0) is 6.54 Å². The Morgan fingerprint density at radius 3 is 2.88 bits per heavy atom. The smallest absolute Gasteiger partial charge is 0.117 e. The van der Waals surface area contributed by atoms with E-state index >= 15 is 0 Å². The minimum Gasteiger partial charge on any atom is -0.468 e. The lowest BCUT2D eigenvalue weighted by molar-refractivity contribution is 0.166. The van der Waals surface area contributed by atoms with Gasteiger partial charge in [0.15, 0.2) is 0 Å². The molecule has 2 unspecified atom stereocenters. The van der Waals surface area contributed by atoms with E-state index in [1.807, 2.05) is 12.1 Å². The van der Waals surface area contributed by atoms with Gasteiger partial charge in [0.1, 0.15) is 5.76 Å². The van der Waals surface area contributed by atoms with Crippen LogP contribution in [0.5, 0.6) is 0 Å². The quantitative estimate of drug-likeness (QED) is 0.851. The van der Waals surface area contributed by atoms with E-state index in [2.05, 4.69) is 23.8 Å². The topological polar surface area (TPSA) is 45.6 Å². The zero-order chi connectivity index (χ0) is 12.3. The minimum absolute atomic E-state index is 0.426. The summed E-state index contributed by atoms with van der Waals surface area (Å²) in [7, 11) is 2.18. The lowest BCUT2D eigenvalue weighted by Crippen LogP contribution is -2.44. The van der Waals surface area contributed by atoms with Gasteiger partial charge in [-0.2, -0.15) is 0 Å². The van der Waals surface area contributed by atoms with Crippen molar-refractivity contribution in [3.05, 3.63) is 24.2 Å². The first-order valence-electron chi connectivity index (χ1n) is 6.34. The van der Waals surface area contributed by atoms with Crippen molar-refractivity contribution < 1.29 is 4.42 Å². The molecule has 0 bridgehead atoms. The predicted octanol–water partition coefficient (Wildman–Crippen LogP) is 0.990. The van der Waals surface area contributed by atoms with Gasteiger partial charge in [-0.05, 0) is 25.1 Å². The molecule has 1 aromatic rings. The van der Waals surface area contributed by atoms with E-state index in [-0.39, 0.29) is 0 Å². The van der Waals surface area contributed by atoms with Crippen LogP contribution in [0.1, 0.15) is 12.7 Å². The molecule has 2 rings (SSSR count). The second-order valence-electron chi connectivity index (χ2n) is 5.22. The number of hydrogen-bond donors (Lipinski definition) is 1. The van der Waals surface area contributed by atoms with Crippen LogP contribution < -0.4 is 5.73 Å². The van der Waals surface area contributed by atoms with Crippen LogP contribution in [0.15, 0.2) is 22.8 Å². The molecule has 2 heterocycles. The molecule has 0 spiro atoms. The van der Waals surface area contributed by atoms with Crippen molar-refractivity contribution in [2.75, 3.05) is 33.2 Å². The van der Waals surface area contributed by atoms with Gasteiger partial charge in [-0.25, -0.2) is 0 Å². The summed E-state index contributed by atoms with van der Waals surface area (Å²) in [5.41, 5.74) is 5.90. The zero-order valence-electron chi connectivity index (χ0n) is 10.8. The van der Waals surface area contributed by atoms with Gasteiger partial charge in [0, 0.05) is 32.2 Å². The number of furan rings is 1. The van der Waals surface area contributed by atoms with Gasteiger partial charge in [-0.15, -0.1) is 0 Å². The number of nitrogens with zero attached hydrogens (tertiary/aromatic N) is 2. The summed E-state index contributed by atoms with van der Waals surface area (Å²) in [5.74, 6) is 1.70. The maximum Gasteiger partial charge on any atom is 0.117 e. The molecule has 1 aliphatic rings.